The first-order valence-electron chi connectivity index (χ1n) is 5.56. The summed E-state index contributed by atoms with van der Waals surface area (Å²) in [5.74, 6) is -2.41. The Kier molecular flexibility index (Phi) is 3.07. The summed E-state index contributed by atoms with van der Waals surface area (Å²) in [7, 11) is 0. The second-order valence-corrected chi connectivity index (χ2v) is 4.97. The number of halogens is 3. The van der Waals surface area contributed by atoms with Crippen LogP contribution < -0.4 is 5.73 Å². The maximum Gasteiger partial charge on any atom is 0.491 e. The molecule has 0 aromatic heterocycles. The molecule has 2 saturated heterocycles. The minimum atomic E-state index is -5.13. The maximum atomic E-state index is 12.0. The number of aliphatic hydroxyl groups excluding tert-OH is 1. The van der Waals surface area contributed by atoms with Gasteiger partial charge in [-0.2, -0.15) is 13.2 Å². The predicted molar refractivity (Wildman–Crippen MR) is 52.2 cm³/mol. The zero-order chi connectivity index (χ0) is 13.6. The number of hydrogen-bond donors (Lipinski definition) is 2. The normalized spacial score (nSPS) is 37.4. The van der Waals surface area contributed by atoms with E-state index < -0.39 is 29.6 Å². The fourth-order valence-corrected chi connectivity index (χ4v) is 2.34. The van der Waals surface area contributed by atoms with Gasteiger partial charge in [0.2, 0.25) is 6.29 Å². The van der Waals surface area contributed by atoms with Crippen LogP contribution in [-0.2, 0) is 14.3 Å². The van der Waals surface area contributed by atoms with Crippen LogP contribution in [0, 0.1) is 0 Å². The smallest absolute Gasteiger partial charge is 0.426 e. The highest BCUT2D eigenvalue weighted by atomic mass is 19.4. The number of ether oxygens (including phenoxy) is 2. The summed E-state index contributed by atoms with van der Waals surface area (Å²) in [5.41, 5.74) is 4.21. The van der Waals surface area contributed by atoms with Crippen molar-refractivity contribution in [3.8, 4) is 0 Å². The average Bonchev–Trinajstić information content (AvgIpc) is 2.29. The summed E-state index contributed by atoms with van der Waals surface area (Å²) >= 11 is 0. The summed E-state index contributed by atoms with van der Waals surface area (Å²) < 4.78 is 45.4. The Morgan fingerprint density at radius 2 is 1.89 bits per heavy atom. The Hall–Kier alpha value is -0.860. The number of esters is 1. The van der Waals surface area contributed by atoms with E-state index in [1.807, 2.05) is 0 Å². The molecule has 104 valence electrons. The fourth-order valence-electron chi connectivity index (χ4n) is 2.34. The number of rotatable bonds is 2. The Balaban J connectivity index is 2.02. The van der Waals surface area contributed by atoms with Crippen LogP contribution in [0.15, 0.2) is 0 Å². The monoisotopic (exact) mass is 269 g/mol. The Bertz CT molecular complexity index is 333. The summed E-state index contributed by atoms with van der Waals surface area (Å²) in [6.45, 7) is 0.146. The highest BCUT2D eigenvalue weighted by molar-refractivity contribution is 5.75. The number of hydrogen-bond acceptors (Lipinski definition) is 5. The highest BCUT2D eigenvalue weighted by Crippen LogP contribution is 2.44. The molecule has 3 N–H and O–H groups in total. The largest absolute Gasteiger partial charge is 0.491 e. The second kappa shape index (κ2) is 4.07. The van der Waals surface area contributed by atoms with Gasteiger partial charge in [0, 0.05) is 5.54 Å². The number of alkyl halides is 3. The van der Waals surface area contributed by atoms with Crippen molar-refractivity contribution in [3.05, 3.63) is 0 Å². The van der Waals surface area contributed by atoms with Gasteiger partial charge in [-0.3, -0.25) is 0 Å². The SMILES string of the molecule is NC12CCC(C(O)OC(=O)C(F)(F)F)(CC1)OC2. The average molecular weight is 269 g/mol. The molecule has 2 aliphatic heterocycles. The first-order valence-corrected chi connectivity index (χ1v) is 5.56. The summed E-state index contributed by atoms with van der Waals surface area (Å²) in [4.78, 5) is 10.7. The molecule has 18 heavy (non-hydrogen) atoms. The lowest BCUT2D eigenvalue weighted by Crippen LogP contribution is -2.64. The minimum absolute atomic E-state index is 0.146. The van der Waals surface area contributed by atoms with E-state index in [4.69, 9.17) is 10.5 Å². The second-order valence-electron chi connectivity index (χ2n) is 4.97. The van der Waals surface area contributed by atoms with E-state index in [1.165, 1.54) is 0 Å². The van der Waals surface area contributed by atoms with Crippen LogP contribution in [0.4, 0.5) is 13.2 Å². The topological polar surface area (TPSA) is 81.8 Å². The van der Waals surface area contributed by atoms with Crippen molar-refractivity contribution in [3.63, 3.8) is 0 Å². The lowest BCUT2D eigenvalue weighted by molar-refractivity contribution is -0.282. The molecule has 3 aliphatic rings. The van der Waals surface area contributed by atoms with Crippen LogP contribution in [-0.4, -0.2) is 41.3 Å². The number of aliphatic hydroxyl groups is 1. The lowest BCUT2D eigenvalue weighted by atomic mass is 9.71. The van der Waals surface area contributed by atoms with Crippen LogP contribution >= 0.6 is 0 Å². The molecule has 1 aliphatic carbocycles. The quantitative estimate of drug-likeness (QED) is 0.562. The first-order chi connectivity index (χ1) is 8.17. The van der Waals surface area contributed by atoms with Gasteiger partial charge in [-0.15, -0.1) is 0 Å². The van der Waals surface area contributed by atoms with Crippen molar-refractivity contribution in [1.82, 2.24) is 0 Å². The van der Waals surface area contributed by atoms with E-state index in [0.29, 0.717) is 12.8 Å². The molecule has 3 rings (SSSR count). The highest BCUT2D eigenvalue weighted by Gasteiger charge is 2.55. The number of carbonyl (C=O) groups is 1. The molecule has 1 atom stereocenters. The van der Waals surface area contributed by atoms with E-state index in [-0.39, 0.29) is 19.4 Å². The van der Waals surface area contributed by atoms with Gasteiger partial charge in [0.15, 0.2) is 0 Å². The van der Waals surface area contributed by atoms with Gasteiger partial charge in [0.25, 0.3) is 0 Å². The van der Waals surface area contributed by atoms with Crippen molar-refractivity contribution in [1.29, 1.82) is 0 Å². The molecule has 2 heterocycles. The van der Waals surface area contributed by atoms with Crippen molar-refractivity contribution in [2.45, 2.75) is 49.3 Å². The third kappa shape index (κ3) is 2.32. The fraction of sp³-hybridized carbons (Fsp3) is 0.900. The summed E-state index contributed by atoms with van der Waals surface area (Å²) in [5, 5.41) is 9.66. The molecule has 0 aromatic rings. The standard InChI is InChI=1S/C10H14F3NO4/c11-10(12,13)7(16)18-6(15)9-3-1-8(14,2-4-9)5-17-9/h6,15H,1-5,14H2. The zero-order valence-electron chi connectivity index (χ0n) is 9.50. The Labute approximate surface area is 101 Å². The summed E-state index contributed by atoms with van der Waals surface area (Å²) in [6.07, 6.45) is -5.46. The number of nitrogens with two attached hydrogens (primary N) is 1. The first kappa shape index (κ1) is 13.6. The molecule has 2 bridgehead atoms. The third-order valence-electron chi connectivity index (χ3n) is 3.64. The van der Waals surface area contributed by atoms with E-state index in [2.05, 4.69) is 4.74 Å². The van der Waals surface area contributed by atoms with Gasteiger partial charge in [0.1, 0.15) is 5.60 Å². The predicted octanol–water partition coefficient (Wildman–Crippen LogP) is 0.451. The third-order valence-corrected chi connectivity index (χ3v) is 3.64. The molecule has 0 aromatic carbocycles. The molecule has 1 unspecified atom stereocenters. The maximum absolute atomic E-state index is 12.0. The van der Waals surface area contributed by atoms with Crippen LogP contribution in [0.1, 0.15) is 25.7 Å². The number of carbonyl (C=O) groups excluding carboxylic acids is 1. The molecule has 3 fully saturated rings. The summed E-state index contributed by atoms with van der Waals surface area (Å²) in [6, 6.07) is 0. The number of fused-ring (bicyclic) bond motifs is 3. The van der Waals surface area contributed by atoms with Gasteiger partial charge in [-0.1, -0.05) is 0 Å². The van der Waals surface area contributed by atoms with Crippen LogP contribution in [0.2, 0.25) is 0 Å². The van der Waals surface area contributed by atoms with Gasteiger partial charge < -0.3 is 20.3 Å². The molecule has 0 spiro atoms. The molecule has 0 amide bonds. The van der Waals surface area contributed by atoms with Crippen LogP contribution in [0.25, 0.3) is 0 Å². The van der Waals surface area contributed by atoms with E-state index in [9.17, 15) is 23.1 Å². The van der Waals surface area contributed by atoms with Crippen molar-refractivity contribution < 1.29 is 32.5 Å². The van der Waals surface area contributed by atoms with E-state index >= 15 is 0 Å². The molecular weight excluding hydrogens is 255 g/mol. The molecular formula is C10H14F3NO4. The lowest BCUT2D eigenvalue weighted by Gasteiger charge is -2.52. The van der Waals surface area contributed by atoms with E-state index in [1.54, 1.807) is 0 Å². The molecule has 1 saturated carbocycles. The van der Waals surface area contributed by atoms with Gasteiger partial charge in [-0.05, 0) is 25.7 Å². The molecule has 0 radical (unpaired) electrons. The van der Waals surface area contributed by atoms with Gasteiger partial charge in [0.05, 0.1) is 6.61 Å². The van der Waals surface area contributed by atoms with Crippen LogP contribution in [0.3, 0.4) is 0 Å². The minimum Gasteiger partial charge on any atom is -0.426 e. The zero-order valence-corrected chi connectivity index (χ0v) is 9.50. The Morgan fingerprint density at radius 1 is 1.33 bits per heavy atom. The van der Waals surface area contributed by atoms with Gasteiger partial charge in [-0.25, -0.2) is 4.79 Å². The molecule has 8 heteroatoms. The molecule has 5 nitrogen and oxygen atoms in total. The van der Waals surface area contributed by atoms with Crippen molar-refractivity contribution in [2.75, 3.05) is 6.61 Å². The van der Waals surface area contributed by atoms with Gasteiger partial charge >= 0.3 is 12.1 Å². The van der Waals surface area contributed by atoms with Crippen molar-refractivity contribution in [2.24, 2.45) is 5.73 Å². The van der Waals surface area contributed by atoms with Crippen LogP contribution in [0.5, 0.6) is 0 Å². The Morgan fingerprint density at radius 3 is 2.28 bits per heavy atom. The van der Waals surface area contributed by atoms with Crippen molar-refractivity contribution >= 4 is 5.97 Å². The van der Waals surface area contributed by atoms with E-state index in [0.717, 1.165) is 0 Å².